The summed E-state index contributed by atoms with van der Waals surface area (Å²) in [5.74, 6) is 0.254. The van der Waals surface area contributed by atoms with Gasteiger partial charge in [-0.25, -0.2) is 4.98 Å². The molecule has 0 atom stereocenters. The number of anilines is 2. The summed E-state index contributed by atoms with van der Waals surface area (Å²) in [7, 11) is 1.44. The minimum atomic E-state index is -0.480. The van der Waals surface area contributed by atoms with Gasteiger partial charge in [-0.3, -0.25) is 10.1 Å². The molecule has 0 aromatic carbocycles. The first kappa shape index (κ1) is 14.1. The smallest absolute Gasteiger partial charge is 0.270 e. The Morgan fingerprint density at radius 2 is 2.27 bits per heavy atom. The third kappa shape index (κ3) is 2.93. The Balaban J connectivity index is 1.80. The molecule has 11 nitrogen and oxygen atoms in total. The highest BCUT2D eigenvalue weighted by molar-refractivity contribution is 6.04. The molecule has 0 unspecified atom stereocenters. The Morgan fingerprint density at radius 1 is 1.45 bits per heavy atom. The van der Waals surface area contributed by atoms with Crippen molar-refractivity contribution in [3.05, 3.63) is 11.8 Å². The number of H-pyrrole nitrogens is 1. The first-order valence-corrected chi connectivity index (χ1v) is 6.56. The van der Waals surface area contributed by atoms with E-state index in [9.17, 15) is 4.79 Å². The van der Waals surface area contributed by atoms with Crippen LogP contribution in [0.2, 0.25) is 0 Å². The lowest BCUT2D eigenvalue weighted by Crippen LogP contribution is -2.37. The predicted molar refractivity (Wildman–Crippen MR) is 73.7 cm³/mol. The van der Waals surface area contributed by atoms with Crippen molar-refractivity contribution in [2.45, 2.75) is 0 Å². The van der Waals surface area contributed by atoms with Crippen LogP contribution in [0.1, 0.15) is 10.4 Å². The normalized spacial score (nSPS) is 14.7. The monoisotopic (exact) mass is 306 g/mol. The number of tetrazole rings is 1. The van der Waals surface area contributed by atoms with Crippen molar-refractivity contribution in [2.75, 3.05) is 43.6 Å². The van der Waals surface area contributed by atoms with E-state index in [0.717, 1.165) is 0 Å². The molecule has 2 N–H and O–H groups in total. The second-order valence-electron chi connectivity index (χ2n) is 4.38. The van der Waals surface area contributed by atoms with Gasteiger partial charge >= 0.3 is 0 Å². The maximum absolute atomic E-state index is 12.2. The van der Waals surface area contributed by atoms with E-state index in [2.05, 4.69) is 35.9 Å². The van der Waals surface area contributed by atoms with Gasteiger partial charge in [-0.1, -0.05) is 5.10 Å². The molecule has 1 aliphatic heterocycles. The SMILES string of the molecule is COc1nc(N2CCOCC2)ncc1C(=O)Nc1nn[nH]n1. The summed E-state index contributed by atoms with van der Waals surface area (Å²) in [6.07, 6.45) is 1.41. The average Bonchev–Trinajstić information content (AvgIpc) is 3.08. The molecule has 0 radical (unpaired) electrons. The van der Waals surface area contributed by atoms with Crippen LogP contribution >= 0.6 is 0 Å². The standard InChI is InChI=1S/C11H14N8O3/c1-21-9-7(8(20)13-10-15-17-18-16-10)6-12-11(14-9)19-2-4-22-5-3-19/h6H,2-5H2,1H3,(H2,13,15,16,17,18,20). The zero-order chi connectivity index (χ0) is 15.4. The van der Waals surface area contributed by atoms with E-state index in [4.69, 9.17) is 9.47 Å². The second kappa shape index (κ2) is 6.30. The number of hydrogen-bond donors (Lipinski definition) is 2. The van der Waals surface area contributed by atoms with Crippen LogP contribution < -0.4 is 15.0 Å². The quantitative estimate of drug-likeness (QED) is 0.736. The zero-order valence-corrected chi connectivity index (χ0v) is 11.8. The molecule has 2 aromatic rings. The van der Waals surface area contributed by atoms with E-state index < -0.39 is 5.91 Å². The Hall–Kier alpha value is -2.82. The molecule has 22 heavy (non-hydrogen) atoms. The van der Waals surface area contributed by atoms with Crippen LogP contribution in [-0.4, -0.2) is 69.9 Å². The molecule has 1 aliphatic rings. The van der Waals surface area contributed by atoms with Gasteiger partial charge in [0.15, 0.2) is 0 Å². The highest BCUT2D eigenvalue weighted by Crippen LogP contribution is 2.19. The Kier molecular flexibility index (Phi) is 4.05. The van der Waals surface area contributed by atoms with Crippen LogP contribution in [0, 0.1) is 0 Å². The summed E-state index contributed by atoms with van der Waals surface area (Å²) < 4.78 is 10.5. The minimum absolute atomic E-state index is 0.0595. The van der Waals surface area contributed by atoms with Gasteiger partial charge in [-0.15, -0.1) is 5.10 Å². The van der Waals surface area contributed by atoms with E-state index in [-0.39, 0.29) is 17.4 Å². The number of aromatic amines is 1. The molecule has 0 saturated carbocycles. The van der Waals surface area contributed by atoms with Gasteiger partial charge in [0, 0.05) is 19.3 Å². The fraction of sp³-hybridized carbons (Fsp3) is 0.455. The van der Waals surface area contributed by atoms with Crippen LogP contribution in [0.15, 0.2) is 6.20 Å². The molecule has 0 aliphatic carbocycles. The predicted octanol–water partition coefficient (Wildman–Crippen LogP) is -0.913. The molecule has 11 heteroatoms. The molecule has 1 fully saturated rings. The summed E-state index contributed by atoms with van der Waals surface area (Å²) >= 11 is 0. The van der Waals surface area contributed by atoms with Crippen molar-refractivity contribution in [3.8, 4) is 5.88 Å². The average molecular weight is 306 g/mol. The van der Waals surface area contributed by atoms with E-state index in [1.165, 1.54) is 13.3 Å². The van der Waals surface area contributed by atoms with Gasteiger partial charge < -0.3 is 14.4 Å². The lowest BCUT2D eigenvalue weighted by molar-refractivity contribution is 0.102. The molecule has 2 aromatic heterocycles. The van der Waals surface area contributed by atoms with Crippen LogP contribution in [0.3, 0.4) is 0 Å². The molecule has 3 rings (SSSR count). The molecule has 0 spiro atoms. The fourth-order valence-electron chi connectivity index (χ4n) is 1.97. The largest absolute Gasteiger partial charge is 0.480 e. The number of amides is 1. The minimum Gasteiger partial charge on any atom is -0.480 e. The van der Waals surface area contributed by atoms with Crippen LogP contribution in [0.4, 0.5) is 11.9 Å². The van der Waals surface area contributed by atoms with Gasteiger partial charge in [-0.2, -0.15) is 10.2 Å². The summed E-state index contributed by atoms with van der Waals surface area (Å²) in [4.78, 5) is 22.6. The number of hydrogen-bond acceptors (Lipinski definition) is 9. The number of nitrogens with zero attached hydrogens (tertiary/aromatic N) is 6. The highest BCUT2D eigenvalue weighted by Gasteiger charge is 2.20. The zero-order valence-electron chi connectivity index (χ0n) is 11.8. The summed E-state index contributed by atoms with van der Waals surface area (Å²) in [5, 5.41) is 15.3. The number of ether oxygens (including phenoxy) is 2. The van der Waals surface area contributed by atoms with Crippen LogP contribution in [0.25, 0.3) is 0 Å². The van der Waals surface area contributed by atoms with Gasteiger partial charge in [0.05, 0.1) is 20.3 Å². The Morgan fingerprint density at radius 3 is 2.95 bits per heavy atom. The van der Waals surface area contributed by atoms with Crippen molar-refractivity contribution >= 4 is 17.8 Å². The van der Waals surface area contributed by atoms with Crippen LogP contribution in [-0.2, 0) is 4.74 Å². The maximum Gasteiger partial charge on any atom is 0.270 e. The first-order chi connectivity index (χ1) is 10.8. The van der Waals surface area contributed by atoms with Crippen molar-refractivity contribution in [2.24, 2.45) is 0 Å². The number of nitrogens with one attached hydrogen (secondary N) is 2. The lowest BCUT2D eigenvalue weighted by atomic mass is 10.3. The van der Waals surface area contributed by atoms with E-state index >= 15 is 0 Å². The van der Waals surface area contributed by atoms with Gasteiger partial charge in [0.1, 0.15) is 5.56 Å². The van der Waals surface area contributed by atoms with Crippen molar-refractivity contribution < 1.29 is 14.3 Å². The number of carbonyl (C=O) groups excluding carboxylic acids is 1. The third-order valence-corrected chi connectivity index (χ3v) is 3.04. The Labute approximate surface area is 125 Å². The highest BCUT2D eigenvalue weighted by atomic mass is 16.5. The molecule has 1 saturated heterocycles. The summed E-state index contributed by atoms with van der Waals surface area (Å²) in [6.45, 7) is 2.62. The second-order valence-corrected chi connectivity index (χ2v) is 4.38. The van der Waals surface area contributed by atoms with E-state index in [0.29, 0.717) is 32.3 Å². The molecule has 3 heterocycles. The molecule has 1 amide bonds. The lowest BCUT2D eigenvalue weighted by Gasteiger charge is -2.26. The van der Waals surface area contributed by atoms with E-state index in [1.54, 1.807) is 0 Å². The van der Waals surface area contributed by atoms with Crippen LogP contribution in [0.5, 0.6) is 5.88 Å². The Bertz CT molecular complexity index is 641. The number of morpholine rings is 1. The molecule has 116 valence electrons. The van der Waals surface area contributed by atoms with Crippen molar-refractivity contribution in [1.29, 1.82) is 0 Å². The summed E-state index contributed by atoms with van der Waals surface area (Å²) in [6, 6.07) is 0. The van der Waals surface area contributed by atoms with Crippen molar-refractivity contribution in [3.63, 3.8) is 0 Å². The molecular weight excluding hydrogens is 292 g/mol. The number of methoxy groups -OCH3 is 1. The summed E-state index contributed by atoms with van der Waals surface area (Å²) in [5.41, 5.74) is 0.185. The van der Waals surface area contributed by atoms with E-state index in [1.807, 2.05) is 4.90 Å². The number of rotatable bonds is 4. The fourth-order valence-corrected chi connectivity index (χ4v) is 1.97. The van der Waals surface area contributed by atoms with Crippen molar-refractivity contribution in [1.82, 2.24) is 30.6 Å². The van der Waals surface area contributed by atoms with Gasteiger partial charge in [0.25, 0.3) is 11.9 Å². The van der Waals surface area contributed by atoms with Gasteiger partial charge in [0.2, 0.25) is 11.8 Å². The maximum atomic E-state index is 12.2. The number of aromatic nitrogens is 6. The van der Waals surface area contributed by atoms with Gasteiger partial charge in [-0.05, 0) is 5.21 Å². The molecular formula is C11H14N8O3. The molecule has 0 bridgehead atoms. The third-order valence-electron chi connectivity index (χ3n) is 3.04. The first-order valence-electron chi connectivity index (χ1n) is 6.56. The topological polar surface area (TPSA) is 131 Å². The number of carbonyl (C=O) groups is 1.